The van der Waals surface area contributed by atoms with Crippen LogP contribution in [0, 0.1) is 0 Å². The summed E-state index contributed by atoms with van der Waals surface area (Å²) in [7, 11) is 2.97. The van der Waals surface area contributed by atoms with Crippen LogP contribution in [0.1, 0.15) is 44.8 Å². The maximum atomic E-state index is 13.8. The Balaban J connectivity index is 1.82. The summed E-state index contributed by atoms with van der Waals surface area (Å²) in [5.74, 6) is -0.705. The third-order valence-corrected chi connectivity index (χ3v) is 7.04. The van der Waals surface area contributed by atoms with E-state index in [1.54, 1.807) is 36.4 Å². The van der Waals surface area contributed by atoms with Crippen LogP contribution in [0.15, 0.2) is 83.8 Å². The number of methoxy groups -OCH3 is 2. The minimum absolute atomic E-state index is 0.0427. The van der Waals surface area contributed by atoms with Gasteiger partial charge in [-0.3, -0.25) is 14.4 Å². The molecule has 0 fully saturated rings. The molecular formula is C32H28ClNO7. The lowest BCUT2D eigenvalue weighted by Crippen LogP contribution is -2.32. The molecule has 4 rings (SSSR count). The predicted octanol–water partition coefficient (Wildman–Crippen LogP) is 5.68. The molecule has 0 aliphatic rings. The average Bonchev–Trinajstić information content (AvgIpc) is 2.96. The van der Waals surface area contributed by atoms with Gasteiger partial charge in [-0.25, -0.2) is 4.79 Å². The Hall–Kier alpha value is -4.69. The first-order valence-corrected chi connectivity index (χ1v) is 13.1. The van der Waals surface area contributed by atoms with Gasteiger partial charge < -0.3 is 19.1 Å². The van der Waals surface area contributed by atoms with E-state index >= 15 is 0 Å². The van der Waals surface area contributed by atoms with E-state index in [2.05, 4.69) is 0 Å². The second-order valence-electron chi connectivity index (χ2n) is 9.42. The Kier molecular flexibility index (Phi) is 9.04. The van der Waals surface area contributed by atoms with E-state index in [4.69, 9.17) is 21.1 Å². The molecule has 0 aliphatic carbocycles. The van der Waals surface area contributed by atoms with Crippen molar-refractivity contribution in [3.05, 3.63) is 117 Å². The normalized spacial score (nSPS) is 11.5. The number of ether oxygens (including phenoxy) is 2. The van der Waals surface area contributed by atoms with Crippen LogP contribution in [0.5, 0.6) is 11.5 Å². The fourth-order valence-electron chi connectivity index (χ4n) is 4.72. The number of carboxylic acids is 1. The van der Waals surface area contributed by atoms with Gasteiger partial charge in [-0.15, -0.1) is 0 Å². The molecule has 0 saturated carbocycles. The molecule has 210 valence electrons. The van der Waals surface area contributed by atoms with E-state index in [0.29, 0.717) is 33.0 Å². The number of aromatic nitrogens is 1. The van der Waals surface area contributed by atoms with Crippen molar-refractivity contribution in [2.24, 2.45) is 0 Å². The summed E-state index contributed by atoms with van der Waals surface area (Å²) in [4.78, 5) is 51.0. The molecule has 0 aliphatic heterocycles. The maximum Gasteiger partial charge on any atom is 0.335 e. The highest BCUT2D eigenvalue weighted by Gasteiger charge is 2.26. The molecule has 1 unspecified atom stereocenters. The van der Waals surface area contributed by atoms with Gasteiger partial charge in [-0.05, 0) is 60.0 Å². The number of nitrogens with zero attached hydrogens (tertiary/aromatic N) is 1. The number of rotatable bonds is 11. The van der Waals surface area contributed by atoms with Crippen molar-refractivity contribution in [3.63, 3.8) is 0 Å². The SMILES string of the molecule is COc1ccccc1CC(C(=O)Cc1ccc(C(=O)O)cc1)n1cc(OC)c(-c2cc(Cl)ccc2C(C)=O)cc1=O. The van der Waals surface area contributed by atoms with E-state index in [1.807, 2.05) is 18.2 Å². The maximum absolute atomic E-state index is 13.8. The third kappa shape index (κ3) is 6.56. The number of hydrogen-bond acceptors (Lipinski definition) is 6. The lowest BCUT2D eigenvalue weighted by atomic mass is 9.95. The molecule has 3 aromatic carbocycles. The quantitative estimate of drug-likeness (QED) is 0.230. The molecular weight excluding hydrogens is 546 g/mol. The van der Waals surface area contributed by atoms with Gasteiger partial charge in [0.15, 0.2) is 11.6 Å². The number of hydrogen-bond donors (Lipinski definition) is 1. The standard InChI is InChI=1S/C32H28ClNO7/c1-19(35)24-13-12-23(33)16-25(24)26-17-31(37)34(18-30(26)41-3)27(15-22-6-4-5-7-29(22)40-2)28(36)14-20-8-10-21(11-9-20)32(38)39/h4-13,16-18,27H,14-15H2,1-3H3,(H,38,39). The van der Waals surface area contributed by atoms with Crippen LogP contribution < -0.4 is 15.0 Å². The van der Waals surface area contributed by atoms with Crippen LogP contribution >= 0.6 is 11.6 Å². The molecule has 9 heteroatoms. The number of benzene rings is 3. The highest BCUT2D eigenvalue weighted by Crippen LogP contribution is 2.34. The van der Waals surface area contributed by atoms with Crippen molar-refractivity contribution < 1.29 is 29.0 Å². The van der Waals surface area contributed by atoms with E-state index in [0.717, 1.165) is 5.56 Å². The van der Waals surface area contributed by atoms with Gasteiger partial charge in [0.1, 0.15) is 11.5 Å². The number of carboxylic acid groups (broad SMARTS) is 1. The van der Waals surface area contributed by atoms with Crippen LogP contribution in [0.4, 0.5) is 0 Å². The molecule has 0 bridgehead atoms. The van der Waals surface area contributed by atoms with E-state index < -0.39 is 17.6 Å². The minimum atomic E-state index is -1.07. The monoisotopic (exact) mass is 573 g/mol. The largest absolute Gasteiger partial charge is 0.496 e. The highest BCUT2D eigenvalue weighted by atomic mass is 35.5. The van der Waals surface area contributed by atoms with Crippen LogP contribution in [0.3, 0.4) is 0 Å². The van der Waals surface area contributed by atoms with Gasteiger partial charge in [0.2, 0.25) is 0 Å². The van der Waals surface area contributed by atoms with Gasteiger partial charge in [0.25, 0.3) is 5.56 Å². The van der Waals surface area contributed by atoms with Gasteiger partial charge in [0, 0.05) is 35.1 Å². The average molecular weight is 574 g/mol. The topological polar surface area (TPSA) is 112 Å². The summed E-state index contributed by atoms with van der Waals surface area (Å²) in [6.45, 7) is 1.42. The second kappa shape index (κ2) is 12.7. The van der Waals surface area contributed by atoms with E-state index in [1.165, 1.54) is 50.1 Å². The highest BCUT2D eigenvalue weighted by molar-refractivity contribution is 6.31. The zero-order valence-electron chi connectivity index (χ0n) is 22.7. The van der Waals surface area contributed by atoms with Gasteiger partial charge in [-0.1, -0.05) is 41.9 Å². The Morgan fingerprint density at radius 3 is 2.22 bits per heavy atom. The number of pyridine rings is 1. The van der Waals surface area contributed by atoms with Crippen molar-refractivity contribution in [2.75, 3.05) is 14.2 Å². The number of aromatic carboxylic acids is 1. The fraction of sp³-hybridized carbons (Fsp3) is 0.188. The second-order valence-corrected chi connectivity index (χ2v) is 9.86. The molecule has 41 heavy (non-hydrogen) atoms. The Bertz CT molecular complexity index is 1670. The fourth-order valence-corrected chi connectivity index (χ4v) is 4.90. The number of halogens is 1. The summed E-state index contributed by atoms with van der Waals surface area (Å²) in [5, 5.41) is 9.58. The van der Waals surface area contributed by atoms with Crippen LogP contribution in [-0.4, -0.2) is 41.4 Å². The molecule has 1 atom stereocenters. The molecule has 4 aromatic rings. The van der Waals surface area contributed by atoms with Crippen molar-refractivity contribution >= 4 is 29.1 Å². The van der Waals surface area contributed by atoms with Crippen LogP contribution in [-0.2, 0) is 17.6 Å². The minimum Gasteiger partial charge on any atom is -0.496 e. The van der Waals surface area contributed by atoms with E-state index in [-0.39, 0.29) is 35.7 Å². The van der Waals surface area contributed by atoms with Crippen molar-refractivity contribution in [1.29, 1.82) is 0 Å². The zero-order chi connectivity index (χ0) is 29.7. The van der Waals surface area contributed by atoms with Gasteiger partial charge >= 0.3 is 5.97 Å². The third-order valence-electron chi connectivity index (χ3n) is 6.81. The number of carbonyl (C=O) groups is 3. The number of ketones is 2. The Morgan fingerprint density at radius 1 is 0.902 bits per heavy atom. The van der Waals surface area contributed by atoms with Gasteiger partial charge in [-0.2, -0.15) is 0 Å². The lowest BCUT2D eigenvalue weighted by Gasteiger charge is -2.22. The van der Waals surface area contributed by atoms with Gasteiger partial charge in [0.05, 0.1) is 32.0 Å². The molecule has 0 spiro atoms. The summed E-state index contributed by atoms with van der Waals surface area (Å²) in [6.07, 6.45) is 1.57. The Morgan fingerprint density at radius 2 is 1.59 bits per heavy atom. The van der Waals surface area contributed by atoms with E-state index in [9.17, 15) is 24.3 Å². The Labute approximate surface area is 241 Å². The summed E-state index contributed by atoms with van der Waals surface area (Å²) in [6, 6.07) is 18.4. The summed E-state index contributed by atoms with van der Waals surface area (Å²) in [5.41, 5.74) is 2.13. The van der Waals surface area contributed by atoms with Crippen molar-refractivity contribution in [3.8, 4) is 22.6 Å². The first-order valence-electron chi connectivity index (χ1n) is 12.7. The molecule has 0 radical (unpaired) electrons. The van der Waals surface area contributed by atoms with Crippen molar-refractivity contribution in [1.82, 2.24) is 4.57 Å². The molecule has 0 saturated heterocycles. The molecule has 1 aromatic heterocycles. The van der Waals surface area contributed by atoms with Crippen LogP contribution in [0.25, 0.3) is 11.1 Å². The molecule has 8 nitrogen and oxygen atoms in total. The first-order chi connectivity index (χ1) is 19.6. The lowest BCUT2D eigenvalue weighted by molar-refractivity contribution is -0.121. The summed E-state index contributed by atoms with van der Waals surface area (Å²) < 4.78 is 12.5. The number of para-hydroxylation sites is 1. The molecule has 0 amide bonds. The summed E-state index contributed by atoms with van der Waals surface area (Å²) >= 11 is 6.23. The van der Waals surface area contributed by atoms with Crippen molar-refractivity contribution in [2.45, 2.75) is 25.8 Å². The van der Waals surface area contributed by atoms with Crippen LogP contribution in [0.2, 0.25) is 5.02 Å². The number of Topliss-reactive ketones (excluding diaryl/α,β-unsaturated/α-hetero) is 2. The predicted molar refractivity (Wildman–Crippen MR) is 156 cm³/mol. The number of carbonyl (C=O) groups excluding carboxylic acids is 2. The smallest absolute Gasteiger partial charge is 0.335 e. The first kappa shape index (κ1) is 29.3. The molecule has 1 N–H and O–H groups in total. The molecule has 1 heterocycles. The zero-order valence-corrected chi connectivity index (χ0v) is 23.5.